The van der Waals surface area contributed by atoms with Gasteiger partial charge in [0.15, 0.2) is 0 Å². The minimum Gasteiger partial charge on any atom is -0.481 e. The fourth-order valence-electron chi connectivity index (χ4n) is 3.77. The number of carboxylic acid groups (broad SMARTS) is 1. The van der Waals surface area contributed by atoms with Crippen LogP contribution in [0, 0.1) is 6.92 Å². The van der Waals surface area contributed by atoms with Crippen LogP contribution in [-0.2, 0) is 17.6 Å². The lowest BCUT2D eigenvalue weighted by Crippen LogP contribution is -2.13. The van der Waals surface area contributed by atoms with Crippen molar-refractivity contribution in [2.45, 2.75) is 70.6 Å². The zero-order valence-corrected chi connectivity index (χ0v) is 19.2. The summed E-state index contributed by atoms with van der Waals surface area (Å²) < 4.78 is 0. The van der Waals surface area contributed by atoms with Crippen molar-refractivity contribution in [3.63, 3.8) is 0 Å². The highest BCUT2D eigenvalue weighted by atomic mass is 16.4. The van der Waals surface area contributed by atoms with Gasteiger partial charge in [0.2, 0.25) is 0 Å². The predicted octanol–water partition coefficient (Wildman–Crippen LogP) is 3.19. The first-order chi connectivity index (χ1) is 15.5. The van der Waals surface area contributed by atoms with Crippen molar-refractivity contribution in [1.82, 2.24) is 15.0 Å². The van der Waals surface area contributed by atoms with Crippen LogP contribution in [-0.4, -0.2) is 45.7 Å². The summed E-state index contributed by atoms with van der Waals surface area (Å²) in [7, 11) is 0. The van der Waals surface area contributed by atoms with Crippen molar-refractivity contribution in [3.8, 4) is 0 Å². The number of hydrogen-bond acceptors (Lipinski definition) is 7. The molecule has 0 spiro atoms. The van der Waals surface area contributed by atoms with E-state index in [0.29, 0.717) is 18.9 Å². The summed E-state index contributed by atoms with van der Waals surface area (Å²) in [5.74, 6) is 1.01. The number of unbranched alkanes of at least 4 members (excludes halogenated alkanes) is 3. The molecule has 0 unspecified atom stereocenters. The van der Waals surface area contributed by atoms with Gasteiger partial charge < -0.3 is 21.9 Å². The zero-order chi connectivity index (χ0) is 23.2. The maximum Gasteiger partial charge on any atom is 0.303 e. The Morgan fingerprint density at radius 2 is 1.84 bits per heavy atom. The van der Waals surface area contributed by atoms with Crippen molar-refractivity contribution >= 4 is 11.8 Å². The van der Waals surface area contributed by atoms with Crippen LogP contribution >= 0.6 is 0 Å². The van der Waals surface area contributed by atoms with Gasteiger partial charge in [0.25, 0.3) is 0 Å². The molecule has 0 bridgehead atoms. The number of rotatable bonds is 11. The van der Waals surface area contributed by atoms with Gasteiger partial charge in [-0.15, -0.1) is 0 Å². The summed E-state index contributed by atoms with van der Waals surface area (Å²) in [6, 6.07) is 4.37. The van der Waals surface area contributed by atoms with E-state index in [-0.39, 0.29) is 12.3 Å². The molecule has 8 nitrogen and oxygen atoms in total. The van der Waals surface area contributed by atoms with Crippen molar-refractivity contribution in [2.24, 2.45) is 11.5 Å². The third-order valence-electron chi connectivity index (χ3n) is 5.55. The second kappa shape index (κ2) is 14.5. The number of aromatic nitrogens is 3. The molecule has 1 aliphatic rings. The molecule has 2 aromatic rings. The number of anilines is 1. The first-order valence-corrected chi connectivity index (χ1v) is 11.7. The van der Waals surface area contributed by atoms with Gasteiger partial charge in [0, 0.05) is 37.7 Å². The van der Waals surface area contributed by atoms with E-state index in [1.165, 1.54) is 12.0 Å². The Hall–Kier alpha value is -2.58. The van der Waals surface area contributed by atoms with E-state index in [9.17, 15) is 9.90 Å². The predicted molar refractivity (Wildman–Crippen MR) is 128 cm³/mol. The summed E-state index contributed by atoms with van der Waals surface area (Å²) in [5.41, 5.74) is 13.2. The quantitative estimate of drug-likeness (QED) is 0.389. The molecule has 0 radical (unpaired) electrons. The molecular formula is C24H38N6O2. The lowest BCUT2D eigenvalue weighted by atomic mass is 9.92. The fourth-order valence-corrected chi connectivity index (χ4v) is 3.77. The highest BCUT2D eigenvalue weighted by molar-refractivity contribution is 5.68. The number of nitrogens with one attached hydrogen (secondary N) is 1. The summed E-state index contributed by atoms with van der Waals surface area (Å²) >= 11 is 0. The van der Waals surface area contributed by atoms with Crippen LogP contribution < -0.4 is 16.8 Å². The summed E-state index contributed by atoms with van der Waals surface area (Å²) in [6.45, 7) is 4.05. The molecular weight excluding hydrogens is 404 g/mol. The number of aryl methyl sites for hydroxylation is 3. The first-order valence-electron chi connectivity index (χ1n) is 11.7. The van der Waals surface area contributed by atoms with Crippen LogP contribution in [0.2, 0.25) is 0 Å². The van der Waals surface area contributed by atoms with E-state index in [2.05, 4.69) is 27.4 Å². The van der Waals surface area contributed by atoms with Crippen LogP contribution in [0.15, 0.2) is 24.5 Å². The number of carboxylic acids is 1. The van der Waals surface area contributed by atoms with Crippen LogP contribution in [0.4, 0.5) is 5.82 Å². The van der Waals surface area contributed by atoms with E-state index in [1.54, 1.807) is 12.4 Å². The number of nitrogens with zero attached hydrogens (tertiary/aromatic N) is 3. The van der Waals surface area contributed by atoms with Crippen LogP contribution in [0.1, 0.15) is 73.5 Å². The SMILES string of the molecule is Cc1ncc([C@H](CCCCCCc2ccc3c(n2)NCCC3)CC(=O)O)cn1.NCCN. The molecule has 0 saturated carbocycles. The van der Waals surface area contributed by atoms with Gasteiger partial charge in [-0.1, -0.05) is 25.3 Å². The molecule has 0 aromatic carbocycles. The molecule has 0 aliphatic carbocycles. The van der Waals surface area contributed by atoms with Crippen LogP contribution in [0.5, 0.6) is 0 Å². The van der Waals surface area contributed by atoms with E-state index < -0.39 is 5.97 Å². The normalized spacial score (nSPS) is 13.3. The zero-order valence-electron chi connectivity index (χ0n) is 19.2. The average molecular weight is 443 g/mol. The number of hydrogen-bond donors (Lipinski definition) is 4. The molecule has 3 rings (SSSR count). The Balaban J connectivity index is 0.000000837. The molecule has 2 aromatic heterocycles. The summed E-state index contributed by atoms with van der Waals surface area (Å²) in [6.07, 6.45) is 12.2. The Morgan fingerprint density at radius 3 is 2.53 bits per heavy atom. The highest BCUT2D eigenvalue weighted by Gasteiger charge is 2.16. The second-order valence-electron chi connectivity index (χ2n) is 8.23. The molecule has 1 aliphatic heterocycles. The summed E-state index contributed by atoms with van der Waals surface area (Å²) in [4.78, 5) is 24.4. The van der Waals surface area contributed by atoms with Gasteiger partial charge in [-0.05, 0) is 62.1 Å². The maximum absolute atomic E-state index is 11.2. The average Bonchev–Trinajstić information content (AvgIpc) is 2.81. The van der Waals surface area contributed by atoms with E-state index in [0.717, 1.165) is 68.6 Å². The number of nitrogens with two attached hydrogens (primary N) is 2. The second-order valence-corrected chi connectivity index (χ2v) is 8.23. The van der Waals surface area contributed by atoms with Gasteiger partial charge in [0.05, 0.1) is 6.42 Å². The van der Waals surface area contributed by atoms with Gasteiger partial charge in [-0.3, -0.25) is 4.79 Å². The molecule has 176 valence electrons. The van der Waals surface area contributed by atoms with Crippen molar-refractivity contribution < 1.29 is 9.90 Å². The number of carbonyl (C=O) groups is 1. The van der Waals surface area contributed by atoms with Gasteiger partial charge in [-0.25, -0.2) is 15.0 Å². The Labute approximate surface area is 191 Å². The third-order valence-corrected chi connectivity index (χ3v) is 5.55. The van der Waals surface area contributed by atoms with Gasteiger partial charge in [0.1, 0.15) is 11.6 Å². The number of fused-ring (bicyclic) bond motifs is 1. The van der Waals surface area contributed by atoms with Gasteiger partial charge in [-0.2, -0.15) is 0 Å². The van der Waals surface area contributed by atoms with Crippen molar-refractivity contribution in [1.29, 1.82) is 0 Å². The molecule has 0 saturated heterocycles. The lowest BCUT2D eigenvalue weighted by Gasteiger charge is -2.17. The highest BCUT2D eigenvalue weighted by Crippen LogP contribution is 2.26. The standard InChI is InChI=1S/C22H30N4O2.C2H8N2/c1-16-24-14-19(15-25-16)18(13-21(27)28)7-4-2-3-5-9-20-11-10-17-8-6-12-23-22(17)26-20;3-1-2-4/h10-11,14-15,18H,2-9,12-13H2,1H3,(H,23,26)(H,27,28);1-4H2/t18-;/m1./s1. The third kappa shape index (κ3) is 9.28. The van der Waals surface area contributed by atoms with Gasteiger partial charge >= 0.3 is 5.97 Å². The van der Waals surface area contributed by atoms with Crippen molar-refractivity contribution in [3.05, 3.63) is 47.2 Å². The van der Waals surface area contributed by atoms with E-state index in [4.69, 9.17) is 16.5 Å². The van der Waals surface area contributed by atoms with Crippen LogP contribution in [0.3, 0.4) is 0 Å². The summed E-state index contributed by atoms with van der Waals surface area (Å²) in [5, 5.41) is 12.6. The maximum atomic E-state index is 11.2. The molecule has 3 heterocycles. The molecule has 8 heteroatoms. The Kier molecular flexibility index (Phi) is 11.6. The number of pyridine rings is 1. The molecule has 1 atom stereocenters. The molecule has 0 fully saturated rings. The topological polar surface area (TPSA) is 140 Å². The first kappa shape index (κ1) is 25.7. The number of aliphatic carboxylic acids is 1. The van der Waals surface area contributed by atoms with Crippen LogP contribution in [0.25, 0.3) is 0 Å². The largest absolute Gasteiger partial charge is 0.481 e. The van der Waals surface area contributed by atoms with E-state index in [1.807, 2.05) is 6.92 Å². The lowest BCUT2D eigenvalue weighted by molar-refractivity contribution is -0.137. The Morgan fingerprint density at radius 1 is 1.12 bits per heavy atom. The van der Waals surface area contributed by atoms with E-state index >= 15 is 0 Å². The molecule has 0 amide bonds. The minimum atomic E-state index is -0.766. The minimum absolute atomic E-state index is 0.00788. The monoisotopic (exact) mass is 442 g/mol. The fraction of sp³-hybridized carbons (Fsp3) is 0.583. The Bertz CT molecular complexity index is 811. The molecule has 6 N–H and O–H groups in total. The smallest absolute Gasteiger partial charge is 0.303 e. The van der Waals surface area contributed by atoms with Crippen molar-refractivity contribution in [2.75, 3.05) is 25.0 Å². The molecule has 32 heavy (non-hydrogen) atoms.